The summed E-state index contributed by atoms with van der Waals surface area (Å²) in [4.78, 5) is 11.1. The number of hydrogen-bond donors (Lipinski definition) is 0. The maximum atomic E-state index is 11.1. The van der Waals surface area contributed by atoms with Gasteiger partial charge in [-0.2, -0.15) is 0 Å². The zero-order chi connectivity index (χ0) is 13.3. The second kappa shape index (κ2) is 4.74. The first-order valence-corrected chi connectivity index (χ1v) is 8.65. The van der Waals surface area contributed by atoms with Gasteiger partial charge in [-0.25, -0.2) is 0 Å². The maximum absolute atomic E-state index is 11.1. The summed E-state index contributed by atoms with van der Waals surface area (Å²) in [7, 11) is -1.78. The van der Waals surface area contributed by atoms with Crippen LogP contribution in [-0.2, 0) is 11.0 Å². The first-order valence-electron chi connectivity index (χ1n) is 5.74. The molecule has 0 unspecified atom stereocenters. The van der Waals surface area contributed by atoms with Crippen LogP contribution in [0.2, 0.25) is 18.1 Å². The van der Waals surface area contributed by atoms with Crippen molar-refractivity contribution in [1.82, 2.24) is 5.16 Å². The molecule has 0 saturated heterocycles. The average Bonchev–Trinajstić information content (AvgIpc) is 2.61. The predicted octanol–water partition coefficient (Wildman–Crippen LogP) is 3.40. The SMILES string of the molecule is CC(=O)c1cc(CO[Si](C)(C)C(C)(C)C)on1. The zero-order valence-corrected chi connectivity index (χ0v) is 12.5. The summed E-state index contributed by atoms with van der Waals surface area (Å²) in [6.07, 6.45) is 0. The second-order valence-electron chi connectivity index (χ2n) is 5.78. The van der Waals surface area contributed by atoms with Gasteiger partial charge in [0.05, 0.1) is 6.61 Å². The number of hydrogen-bond acceptors (Lipinski definition) is 4. The first kappa shape index (κ1) is 14.1. The van der Waals surface area contributed by atoms with Crippen molar-refractivity contribution in [2.75, 3.05) is 0 Å². The van der Waals surface area contributed by atoms with E-state index in [1.54, 1.807) is 6.07 Å². The highest BCUT2D eigenvalue weighted by Crippen LogP contribution is 2.37. The highest BCUT2D eigenvalue weighted by molar-refractivity contribution is 6.74. The van der Waals surface area contributed by atoms with E-state index in [1.165, 1.54) is 6.92 Å². The van der Waals surface area contributed by atoms with E-state index in [0.29, 0.717) is 18.1 Å². The van der Waals surface area contributed by atoms with Crippen LogP contribution in [0.4, 0.5) is 0 Å². The molecular weight excluding hydrogens is 234 g/mol. The summed E-state index contributed by atoms with van der Waals surface area (Å²) in [5.41, 5.74) is 0.360. The third-order valence-electron chi connectivity index (χ3n) is 3.30. The smallest absolute Gasteiger partial charge is 0.192 e. The summed E-state index contributed by atoms with van der Waals surface area (Å²) in [5, 5.41) is 3.85. The van der Waals surface area contributed by atoms with Crippen LogP contribution < -0.4 is 0 Å². The summed E-state index contributed by atoms with van der Waals surface area (Å²) >= 11 is 0. The van der Waals surface area contributed by atoms with Crippen molar-refractivity contribution in [3.05, 3.63) is 17.5 Å². The van der Waals surface area contributed by atoms with Gasteiger partial charge in [-0.3, -0.25) is 4.79 Å². The molecule has 4 nitrogen and oxygen atoms in total. The Hall–Kier alpha value is -0.943. The first-order chi connectivity index (χ1) is 7.63. The number of carbonyl (C=O) groups is 1. The molecule has 0 N–H and O–H groups in total. The number of rotatable bonds is 4. The molecule has 17 heavy (non-hydrogen) atoms. The molecule has 1 aromatic heterocycles. The van der Waals surface area contributed by atoms with Gasteiger partial charge >= 0.3 is 0 Å². The van der Waals surface area contributed by atoms with Crippen molar-refractivity contribution in [2.45, 2.75) is 52.4 Å². The van der Waals surface area contributed by atoms with Gasteiger partial charge in [-0.05, 0) is 18.1 Å². The minimum Gasteiger partial charge on any atom is -0.409 e. The molecule has 1 aromatic rings. The van der Waals surface area contributed by atoms with Crippen LogP contribution >= 0.6 is 0 Å². The van der Waals surface area contributed by atoms with Gasteiger partial charge in [0.1, 0.15) is 5.69 Å². The Kier molecular flexibility index (Phi) is 3.94. The number of aromatic nitrogens is 1. The molecule has 0 fully saturated rings. The van der Waals surface area contributed by atoms with Crippen LogP contribution in [0.1, 0.15) is 43.9 Å². The lowest BCUT2D eigenvalue weighted by atomic mass is 10.2. The highest BCUT2D eigenvalue weighted by atomic mass is 28.4. The average molecular weight is 255 g/mol. The lowest BCUT2D eigenvalue weighted by molar-refractivity contribution is 0.100. The van der Waals surface area contributed by atoms with Crippen LogP contribution in [0.15, 0.2) is 10.6 Å². The van der Waals surface area contributed by atoms with Crippen molar-refractivity contribution >= 4 is 14.1 Å². The topological polar surface area (TPSA) is 52.3 Å². The van der Waals surface area contributed by atoms with Crippen LogP contribution in [-0.4, -0.2) is 19.3 Å². The third kappa shape index (κ3) is 3.51. The van der Waals surface area contributed by atoms with E-state index in [2.05, 4.69) is 39.0 Å². The molecule has 5 heteroatoms. The Bertz CT molecular complexity index is 404. The van der Waals surface area contributed by atoms with Crippen molar-refractivity contribution in [1.29, 1.82) is 0 Å². The molecule has 0 saturated carbocycles. The van der Waals surface area contributed by atoms with Gasteiger partial charge in [0.15, 0.2) is 19.9 Å². The zero-order valence-electron chi connectivity index (χ0n) is 11.5. The Labute approximate surface area is 103 Å². The summed E-state index contributed by atoms with van der Waals surface area (Å²) in [6.45, 7) is 12.7. The van der Waals surface area contributed by atoms with E-state index < -0.39 is 8.32 Å². The monoisotopic (exact) mass is 255 g/mol. The Morgan fingerprint density at radius 2 is 2.06 bits per heavy atom. The third-order valence-corrected chi connectivity index (χ3v) is 7.78. The van der Waals surface area contributed by atoms with Crippen molar-refractivity contribution in [3.8, 4) is 0 Å². The number of Topliss-reactive ketones (excluding diaryl/α,β-unsaturated/α-hetero) is 1. The van der Waals surface area contributed by atoms with E-state index >= 15 is 0 Å². The molecule has 1 rings (SSSR count). The van der Waals surface area contributed by atoms with E-state index in [1.807, 2.05) is 0 Å². The molecule has 0 amide bonds. The molecule has 0 aliphatic rings. The van der Waals surface area contributed by atoms with Crippen LogP contribution in [0.5, 0.6) is 0 Å². The molecule has 0 atom stereocenters. The quantitative estimate of drug-likeness (QED) is 0.611. The molecular formula is C12H21NO3Si. The van der Waals surface area contributed by atoms with Gasteiger partial charge in [0.2, 0.25) is 0 Å². The van der Waals surface area contributed by atoms with E-state index in [4.69, 9.17) is 8.95 Å². The fourth-order valence-electron chi connectivity index (χ4n) is 1.01. The second-order valence-corrected chi connectivity index (χ2v) is 10.6. The van der Waals surface area contributed by atoms with Crippen molar-refractivity contribution < 1.29 is 13.7 Å². The molecule has 0 bridgehead atoms. The fraction of sp³-hybridized carbons (Fsp3) is 0.667. The van der Waals surface area contributed by atoms with E-state index in [-0.39, 0.29) is 10.8 Å². The number of nitrogens with zero attached hydrogens (tertiary/aromatic N) is 1. The van der Waals surface area contributed by atoms with Gasteiger partial charge in [0, 0.05) is 13.0 Å². The van der Waals surface area contributed by atoms with Crippen LogP contribution in [0.25, 0.3) is 0 Å². The summed E-state index contributed by atoms with van der Waals surface area (Å²) in [5.74, 6) is 0.521. The van der Waals surface area contributed by atoms with E-state index in [0.717, 1.165) is 0 Å². The highest BCUT2D eigenvalue weighted by Gasteiger charge is 2.37. The van der Waals surface area contributed by atoms with Crippen LogP contribution in [0, 0.1) is 0 Å². The number of ketones is 1. The van der Waals surface area contributed by atoms with Gasteiger partial charge in [-0.15, -0.1) is 0 Å². The van der Waals surface area contributed by atoms with Gasteiger partial charge in [0.25, 0.3) is 0 Å². The summed E-state index contributed by atoms with van der Waals surface area (Å²) < 4.78 is 11.0. The Morgan fingerprint density at radius 3 is 2.47 bits per heavy atom. The number of carbonyl (C=O) groups excluding carboxylic acids is 1. The Morgan fingerprint density at radius 1 is 1.47 bits per heavy atom. The van der Waals surface area contributed by atoms with E-state index in [9.17, 15) is 4.79 Å². The van der Waals surface area contributed by atoms with Crippen molar-refractivity contribution in [2.24, 2.45) is 0 Å². The molecule has 1 heterocycles. The summed E-state index contributed by atoms with van der Waals surface area (Å²) in [6, 6.07) is 1.65. The lowest BCUT2D eigenvalue weighted by Crippen LogP contribution is -2.40. The normalized spacial score (nSPS) is 12.8. The predicted molar refractivity (Wildman–Crippen MR) is 68.5 cm³/mol. The molecule has 0 aromatic carbocycles. The molecule has 0 spiro atoms. The minimum absolute atomic E-state index is 0.0904. The molecule has 0 aliphatic heterocycles. The van der Waals surface area contributed by atoms with Crippen LogP contribution in [0.3, 0.4) is 0 Å². The molecule has 96 valence electrons. The lowest BCUT2D eigenvalue weighted by Gasteiger charge is -2.35. The van der Waals surface area contributed by atoms with Gasteiger partial charge in [-0.1, -0.05) is 25.9 Å². The minimum atomic E-state index is -1.78. The maximum Gasteiger partial charge on any atom is 0.192 e. The molecule has 0 radical (unpaired) electrons. The largest absolute Gasteiger partial charge is 0.409 e. The van der Waals surface area contributed by atoms with Crippen molar-refractivity contribution in [3.63, 3.8) is 0 Å². The Balaban J connectivity index is 2.64. The fourth-order valence-corrected chi connectivity index (χ4v) is 1.95. The standard InChI is InChI=1S/C12H21NO3Si/c1-9(14)11-7-10(16-13-11)8-15-17(5,6)12(2,3)4/h7H,8H2,1-6H3. The van der Waals surface area contributed by atoms with Gasteiger partial charge < -0.3 is 8.95 Å². The molecule has 0 aliphatic carbocycles.